The average molecular weight is 422 g/mol. The number of methoxy groups -OCH3 is 1. The zero-order chi connectivity index (χ0) is 18.2. The summed E-state index contributed by atoms with van der Waals surface area (Å²) < 4.78 is 11.3. The van der Waals surface area contributed by atoms with Crippen LogP contribution < -0.4 is 14.8 Å². The Morgan fingerprint density at radius 2 is 2.12 bits per heavy atom. The molecule has 0 aromatic heterocycles. The van der Waals surface area contributed by atoms with Crippen LogP contribution in [0, 0.1) is 11.3 Å². The number of carbonyl (C=O) groups is 1. The fourth-order valence-corrected chi connectivity index (χ4v) is 2.67. The molecule has 0 heterocycles. The highest BCUT2D eigenvalue weighted by Crippen LogP contribution is 2.29. The number of amides is 1. The SMILES string of the molecule is COc1cc(/C=C/C(=O)Nc2ccc(Br)cc2Cl)ccc1OCC#N. The number of ether oxygens (including phenoxy) is 2. The zero-order valence-electron chi connectivity index (χ0n) is 13.3. The number of benzene rings is 2. The van der Waals surface area contributed by atoms with Gasteiger partial charge in [-0.05, 0) is 42.0 Å². The number of hydrogen-bond acceptors (Lipinski definition) is 4. The Kier molecular flexibility index (Phi) is 6.87. The number of nitrogens with zero attached hydrogens (tertiary/aromatic N) is 1. The lowest BCUT2D eigenvalue weighted by molar-refractivity contribution is -0.111. The number of anilines is 1. The monoisotopic (exact) mass is 420 g/mol. The quantitative estimate of drug-likeness (QED) is 0.688. The molecule has 0 bridgehead atoms. The average Bonchev–Trinajstić information content (AvgIpc) is 2.60. The number of carbonyl (C=O) groups excluding carboxylic acids is 1. The lowest BCUT2D eigenvalue weighted by Crippen LogP contribution is -2.08. The van der Waals surface area contributed by atoms with Crippen molar-refractivity contribution in [2.75, 3.05) is 19.0 Å². The third kappa shape index (κ3) is 5.52. The van der Waals surface area contributed by atoms with Gasteiger partial charge in [0.1, 0.15) is 6.07 Å². The summed E-state index contributed by atoms with van der Waals surface area (Å²) in [6.45, 7) is -0.0676. The molecule has 0 atom stereocenters. The van der Waals surface area contributed by atoms with E-state index >= 15 is 0 Å². The van der Waals surface area contributed by atoms with Crippen LogP contribution in [0.1, 0.15) is 5.56 Å². The minimum Gasteiger partial charge on any atom is -0.493 e. The lowest BCUT2D eigenvalue weighted by Gasteiger charge is -2.09. The van der Waals surface area contributed by atoms with Gasteiger partial charge in [-0.3, -0.25) is 4.79 Å². The van der Waals surface area contributed by atoms with E-state index in [2.05, 4.69) is 21.2 Å². The van der Waals surface area contributed by atoms with E-state index in [1.807, 2.05) is 6.07 Å². The van der Waals surface area contributed by atoms with Crippen LogP contribution in [0.15, 0.2) is 46.9 Å². The Morgan fingerprint density at radius 1 is 1.32 bits per heavy atom. The normalized spacial score (nSPS) is 10.3. The summed E-state index contributed by atoms with van der Waals surface area (Å²) in [5.41, 5.74) is 1.27. The molecular weight excluding hydrogens is 408 g/mol. The van der Waals surface area contributed by atoms with E-state index < -0.39 is 0 Å². The van der Waals surface area contributed by atoms with E-state index in [0.717, 1.165) is 10.0 Å². The highest BCUT2D eigenvalue weighted by atomic mass is 79.9. The second-order valence-corrected chi connectivity index (χ2v) is 6.13. The molecule has 0 aliphatic rings. The molecule has 2 aromatic carbocycles. The standard InChI is InChI=1S/C18H14BrClN2O3/c1-24-17-10-12(2-6-16(17)25-9-8-21)3-7-18(23)22-15-5-4-13(19)11-14(15)20/h2-7,10-11H,9H2,1H3,(H,22,23)/b7-3+. The molecule has 5 nitrogen and oxygen atoms in total. The first-order valence-electron chi connectivity index (χ1n) is 7.15. The van der Waals surface area contributed by atoms with Gasteiger partial charge in [0, 0.05) is 10.5 Å². The van der Waals surface area contributed by atoms with Crippen LogP contribution in [0.3, 0.4) is 0 Å². The molecule has 1 amide bonds. The van der Waals surface area contributed by atoms with Crippen LogP contribution in [-0.2, 0) is 4.79 Å². The van der Waals surface area contributed by atoms with E-state index in [1.165, 1.54) is 13.2 Å². The number of rotatable bonds is 6. The Hall–Kier alpha value is -2.49. The van der Waals surface area contributed by atoms with E-state index in [1.54, 1.807) is 42.5 Å². The highest BCUT2D eigenvalue weighted by Gasteiger charge is 2.06. The van der Waals surface area contributed by atoms with Gasteiger partial charge in [-0.1, -0.05) is 33.6 Å². The van der Waals surface area contributed by atoms with Gasteiger partial charge in [-0.2, -0.15) is 5.26 Å². The lowest BCUT2D eigenvalue weighted by atomic mass is 10.2. The third-order valence-corrected chi connectivity index (χ3v) is 3.90. The Morgan fingerprint density at radius 3 is 2.80 bits per heavy atom. The summed E-state index contributed by atoms with van der Waals surface area (Å²) >= 11 is 9.38. The van der Waals surface area contributed by atoms with Gasteiger partial charge in [-0.25, -0.2) is 0 Å². The van der Waals surface area contributed by atoms with Crippen molar-refractivity contribution < 1.29 is 14.3 Å². The number of halogens is 2. The molecule has 2 aromatic rings. The Bertz CT molecular complexity index is 847. The van der Waals surface area contributed by atoms with E-state index in [9.17, 15) is 4.79 Å². The Balaban J connectivity index is 2.07. The van der Waals surface area contributed by atoms with E-state index in [-0.39, 0.29) is 12.5 Å². The first kappa shape index (κ1) is 18.8. The van der Waals surface area contributed by atoms with Gasteiger partial charge in [0.05, 0.1) is 17.8 Å². The fourth-order valence-electron chi connectivity index (χ4n) is 1.95. The molecule has 25 heavy (non-hydrogen) atoms. The third-order valence-electron chi connectivity index (χ3n) is 3.10. The fraction of sp³-hybridized carbons (Fsp3) is 0.111. The maximum atomic E-state index is 12.0. The predicted octanol–water partition coefficient (Wildman–Crippen LogP) is 4.67. The summed E-state index contributed by atoms with van der Waals surface area (Å²) in [7, 11) is 1.50. The van der Waals surface area contributed by atoms with Gasteiger partial charge in [0.15, 0.2) is 18.1 Å². The Labute approximate surface area is 158 Å². The van der Waals surface area contributed by atoms with Gasteiger partial charge in [0.2, 0.25) is 5.91 Å². The van der Waals surface area contributed by atoms with Crippen molar-refractivity contribution in [3.63, 3.8) is 0 Å². The maximum Gasteiger partial charge on any atom is 0.248 e. The number of nitrogens with one attached hydrogen (secondary N) is 1. The molecule has 0 spiro atoms. The van der Waals surface area contributed by atoms with Crippen LogP contribution >= 0.6 is 27.5 Å². The molecular formula is C18H14BrClN2O3. The van der Waals surface area contributed by atoms with Gasteiger partial charge < -0.3 is 14.8 Å². The van der Waals surface area contributed by atoms with E-state index in [0.29, 0.717) is 22.2 Å². The minimum atomic E-state index is -0.312. The smallest absolute Gasteiger partial charge is 0.248 e. The summed E-state index contributed by atoms with van der Waals surface area (Å²) in [6, 6.07) is 12.2. The van der Waals surface area contributed by atoms with Crippen molar-refractivity contribution >= 4 is 45.2 Å². The van der Waals surface area contributed by atoms with Crippen LogP contribution in [0.2, 0.25) is 5.02 Å². The van der Waals surface area contributed by atoms with E-state index in [4.69, 9.17) is 26.3 Å². The molecule has 128 valence electrons. The molecule has 0 saturated heterocycles. The van der Waals surface area contributed by atoms with Crippen LogP contribution in [0.25, 0.3) is 6.08 Å². The van der Waals surface area contributed by atoms with Gasteiger partial charge in [-0.15, -0.1) is 0 Å². The molecule has 7 heteroatoms. The summed E-state index contributed by atoms with van der Waals surface area (Å²) in [5.74, 6) is 0.633. The second-order valence-electron chi connectivity index (χ2n) is 4.80. The van der Waals surface area contributed by atoms with Crippen molar-refractivity contribution in [1.29, 1.82) is 5.26 Å². The molecule has 0 aliphatic carbocycles. The van der Waals surface area contributed by atoms with Crippen molar-refractivity contribution in [3.8, 4) is 17.6 Å². The zero-order valence-corrected chi connectivity index (χ0v) is 15.6. The first-order chi connectivity index (χ1) is 12.0. The molecule has 0 unspecified atom stereocenters. The molecule has 0 fully saturated rings. The van der Waals surface area contributed by atoms with Crippen LogP contribution in [-0.4, -0.2) is 19.6 Å². The summed E-state index contributed by atoms with van der Waals surface area (Å²) in [6.07, 6.45) is 3.03. The summed E-state index contributed by atoms with van der Waals surface area (Å²) in [5, 5.41) is 11.7. The first-order valence-corrected chi connectivity index (χ1v) is 8.32. The van der Waals surface area contributed by atoms with Crippen LogP contribution in [0.4, 0.5) is 5.69 Å². The predicted molar refractivity (Wildman–Crippen MR) is 101 cm³/mol. The molecule has 0 radical (unpaired) electrons. The van der Waals surface area contributed by atoms with Crippen molar-refractivity contribution in [2.24, 2.45) is 0 Å². The molecule has 1 N–H and O–H groups in total. The number of nitriles is 1. The van der Waals surface area contributed by atoms with Gasteiger partial charge in [0.25, 0.3) is 0 Å². The maximum absolute atomic E-state index is 12.0. The minimum absolute atomic E-state index is 0.0676. The van der Waals surface area contributed by atoms with Crippen LogP contribution in [0.5, 0.6) is 11.5 Å². The van der Waals surface area contributed by atoms with Crippen molar-refractivity contribution in [3.05, 3.63) is 57.5 Å². The highest BCUT2D eigenvalue weighted by molar-refractivity contribution is 9.10. The second kappa shape index (κ2) is 9.11. The number of hydrogen-bond donors (Lipinski definition) is 1. The van der Waals surface area contributed by atoms with Gasteiger partial charge >= 0.3 is 0 Å². The van der Waals surface area contributed by atoms with Crippen molar-refractivity contribution in [1.82, 2.24) is 0 Å². The molecule has 0 saturated carbocycles. The molecule has 2 rings (SSSR count). The van der Waals surface area contributed by atoms with Crippen molar-refractivity contribution in [2.45, 2.75) is 0 Å². The topological polar surface area (TPSA) is 71.3 Å². The molecule has 0 aliphatic heterocycles. The summed E-state index contributed by atoms with van der Waals surface area (Å²) in [4.78, 5) is 12.0. The largest absolute Gasteiger partial charge is 0.493 e.